The number of hydrogen-bond donors (Lipinski definition) is 1. The third-order valence-electron chi connectivity index (χ3n) is 4.56. The van der Waals surface area contributed by atoms with Gasteiger partial charge in [0, 0.05) is 25.2 Å². The fourth-order valence-electron chi connectivity index (χ4n) is 3.46. The van der Waals surface area contributed by atoms with Crippen molar-refractivity contribution in [3.63, 3.8) is 0 Å². The molecule has 20 heavy (non-hydrogen) atoms. The summed E-state index contributed by atoms with van der Waals surface area (Å²) in [6.07, 6.45) is 4.05. The van der Waals surface area contributed by atoms with Crippen LogP contribution in [0, 0.1) is 11.8 Å². The van der Waals surface area contributed by atoms with Gasteiger partial charge in [0.25, 0.3) is 0 Å². The number of nitrogens with two attached hydrogens (primary N) is 1. The molecule has 0 spiro atoms. The molecule has 1 amide bonds. The predicted octanol–water partition coefficient (Wildman–Crippen LogP) is 1.87. The Hall–Kier alpha value is -1.62. The topological polar surface area (TPSA) is 68.5 Å². The van der Waals surface area contributed by atoms with Crippen LogP contribution in [0.4, 0.5) is 5.69 Å². The number of anilines is 1. The molecule has 2 N–H and O–H groups in total. The number of ether oxygens (including phenoxy) is 1. The Kier molecular flexibility index (Phi) is 3.17. The van der Waals surface area contributed by atoms with Crippen molar-refractivity contribution in [1.82, 2.24) is 4.98 Å². The molecule has 1 unspecified atom stereocenters. The van der Waals surface area contributed by atoms with E-state index in [0.29, 0.717) is 11.8 Å². The molecule has 5 heteroatoms. The minimum absolute atomic E-state index is 0.0650. The lowest BCUT2D eigenvalue weighted by Crippen LogP contribution is -2.51. The van der Waals surface area contributed by atoms with Gasteiger partial charge in [-0.2, -0.15) is 0 Å². The Morgan fingerprint density at radius 1 is 1.50 bits per heavy atom. The van der Waals surface area contributed by atoms with E-state index in [4.69, 9.17) is 10.5 Å². The number of nitrogens with zero attached hydrogens (tertiary/aromatic N) is 2. The third kappa shape index (κ3) is 1.88. The van der Waals surface area contributed by atoms with E-state index >= 15 is 0 Å². The van der Waals surface area contributed by atoms with Crippen molar-refractivity contribution in [3.05, 3.63) is 17.8 Å². The first-order chi connectivity index (χ1) is 9.56. The van der Waals surface area contributed by atoms with Crippen LogP contribution in [0.2, 0.25) is 0 Å². The quantitative estimate of drug-likeness (QED) is 0.894. The van der Waals surface area contributed by atoms with Gasteiger partial charge in [0.15, 0.2) is 0 Å². The van der Waals surface area contributed by atoms with Gasteiger partial charge in [-0.3, -0.25) is 4.79 Å². The Labute approximate surface area is 119 Å². The lowest BCUT2D eigenvalue weighted by atomic mass is 9.81. The van der Waals surface area contributed by atoms with Crippen LogP contribution in [0.25, 0.3) is 0 Å². The van der Waals surface area contributed by atoms with Crippen molar-refractivity contribution in [3.8, 4) is 5.88 Å². The smallest absolute Gasteiger partial charge is 0.224 e. The van der Waals surface area contributed by atoms with Gasteiger partial charge in [0.1, 0.15) is 0 Å². The number of aromatic nitrogens is 1. The molecule has 0 bridgehead atoms. The van der Waals surface area contributed by atoms with Gasteiger partial charge in [-0.1, -0.05) is 6.92 Å². The van der Waals surface area contributed by atoms with Crippen LogP contribution in [0.3, 0.4) is 0 Å². The molecule has 2 aliphatic rings. The molecule has 108 valence electrons. The SMILES string of the molecule is COc1nccc2c1[C@H](N)[C@@H](C)C(C1CC1)N2C(C)=O. The molecule has 0 saturated heterocycles. The molecule has 3 rings (SSSR count). The zero-order valence-electron chi connectivity index (χ0n) is 12.2. The number of hydrogen-bond acceptors (Lipinski definition) is 4. The van der Waals surface area contributed by atoms with E-state index in [1.54, 1.807) is 20.2 Å². The molecule has 1 aromatic rings. The van der Waals surface area contributed by atoms with Crippen LogP contribution < -0.4 is 15.4 Å². The second-order valence-electron chi connectivity index (χ2n) is 5.85. The monoisotopic (exact) mass is 275 g/mol. The fourth-order valence-corrected chi connectivity index (χ4v) is 3.46. The van der Waals surface area contributed by atoms with Gasteiger partial charge in [0.2, 0.25) is 11.8 Å². The summed E-state index contributed by atoms with van der Waals surface area (Å²) in [6.45, 7) is 3.74. The molecular weight excluding hydrogens is 254 g/mol. The number of carbonyl (C=O) groups is 1. The molecule has 1 aliphatic carbocycles. The first-order valence-electron chi connectivity index (χ1n) is 7.14. The van der Waals surface area contributed by atoms with E-state index in [9.17, 15) is 4.79 Å². The van der Waals surface area contributed by atoms with E-state index in [1.807, 2.05) is 11.0 Å². The molecule has 3 atom stereocenters. The zero-order valence-corrected chi connectivity index (χ0v) is 12.2. The van der Waals surface area contributed by atoms with Gasteiger partial charge < -0.3 is 15.4 Å². The highest BCUT2D eigenvalue weighted by Crippen LogP contribution is 2.49. The van der Waals surface area contributed by atoms with Gasteiger partial charge >= 0.3 is 0 Å². The van der Waals surface area contributed by atoms with E-state index in [0.717, 1.165) is 11.3 Å². The maximum Gasteiger partial charge on any atom is 0.224 e. The summed E-state index contributed by atoms with van der Waals surface area (Å²) in [6, 6.07) is 1.93. The number of fused-ring (bicyclic) bond motifs is 1. The Balaban J connectivity index is 2.16. The van der Waals surface area contributed by atoms with Crippen LogP contribution in [-0.4, -0.2) is 24.0 Å². The largest absolute Gasteiger partial charge is 0.481 e. The number of pyridine rings is 1. The predicted molar refractivity (Wildman–Crippen MR) is 76.6 cm³/mol. The Bertz CT molecular complexity index is 542. The number of rotatable bonds is 2. The van der Waals surface area contributed by atoms with Crippen molar-refractivity contribution in [2.24, 2.45) is 17.6 Å². The normalized spacial score (nSPS) is 29.0. The van der Waals surface area contributed by atoms with Gasteiger partial charge in [-0.15, -0.1) is 0 Å². The van der Waals surface area contributed by atoms with Crippen LogP contribution in [0.15, 0.2) is 12.3 Å². The summed E-state index contributed by atoms with van der Waals surface area (Å²) in [5, 5.41) is 0. The Morgan fingerprint density at radius 2 is 2.20 bits per heavy atom. The number of carbonyl (C=O) groups excluding carboxylic acids is 1. The van der Waals surface area contributed by atoms with Crippen LogP contribution in [0.5, 0.6) is 5.88 Å². The highest BCUT2D eigenvalue weighted by Gasteiger charge is 2.47. The molecule has 1 saturated carbocycles. The first kappa shape index (κ1) is 13.4. The second kappa shape index (κ2) is 4.74. The summed E-state index contributed by atoms with van der Waals surface area (Å²) in [7, 11) is 1.59. The molecular formula is C15H21N3O2. The molecule has 5 nitrogen and oxygen atoms in total. The maximum atomic E-state index is 12.2. The fraction of sp³-hybridized carbons (Fsp3) is 0.600. The average molecular weight is 275 g/mol. The molecule has 0 radical (unpaired) electrons. The van der Waals surface area contributed by atoms with E-state index < -0.39 is 0 Å². The first-order valence-corrected chi connectivity index (χ1v) is 7.14. The molecule has 1 aliphatic heterocycles. The highest BCUT2D eigenvalue weighted by molar-refractivity contribution is 5.94. The highest BCUT2D eigenvalue weighted by atomic mass is 16.5. The second-order valence-corrected chi connectivity index (χ2v) is 5.85. The van der Waals surface area contributed by atoms with Gasteiger partial charge in [-0.05, 0) is 30.7 Å². The average Bonchev–Trinajstić information content (AvgIpc) is 3.25. The summed E-state index contributed by atoms with van der Waals surface area (Å²) >= 11 is 0. The lowest BCUT2D eigenvalue weighted by molar-refractivity contribution is -0.117. The van der Waals surface area contributed by atoms with Gasteiger partial charge in [0.05, 0.1) is 18.4 Å². The maximum absolute atomic E-state index is 12.2. The summed E-state index contributed by atoms with van der Waals surface area (Å²) < 4.78 is 5.34. The minimum atomic E-state index is -0.144. The van der Waals surface area contributed by atoms with Crippen molar-refractivity contribution in [1.29, 1.82) is 0 Å². The lowest BCUT2D eigenvalue weighted by Gasteiger charge is -2.44. The van der Waals surface area contributed by atoms with Crippen molar-refractivity contribution < 1.29 is 9.53 Å². The van der Waals surface area contributed by atoms with Crippen LogP contribution >= 0.6 is 0 Å². The Morgan fingerprint density at radius 3 is 2.75 bits per heavy atom. The minimum Gasteiger partial charge on any atom is -0.481 e. The molecule has 1 aromatic heterocycles. The summed E-state index contributed by atoms with van der Waals surface area (Å²) in [5.74, 6) is 1.38. The van der Waals surface area contributed by atoms with E-state index in [2.05, 4.69) is 11.9 Å². The third-order valence-corrected chi connectivity index (χ3v) is 4.56. The standard InChI is InChI=1S/C15H21N3O2/c1-8-13(16)12-11(6-7-17-15(12)20-3)18(9(2)19)14(8)10-4-5-10/h6-8,10,13-14H,4-5,16H2,1-3H3/t8-,13-,14?/m1/s1. The number of methoxy groups -OCH3 is 1. The van der Waals surface area contributed by atoms with E-state index in [1.165, 1.54) is 12.8 Å². The van der Waals surface area contributed by atoms with Crippen LogP contribution in [-0.2, 0) is 4.79 Å². The van der Waals surface area contributed by atoms with Crippen LogP contribution in [0.1, 0.15) is 38.3 Å². The summed E-state index contributed by atoms with van der Waals surface area (Å²) in [5.41, 5.74) is 8.15. The molecule has 0 aromatic carbocycles. The van der Waals surface area contributed by atoms with Crippen molar-refractivity contribution >= 4 is 11.6 Å². The molecule has 1 fully saturated rings. The van der Waals surface area contributed by atoms with Gasteiger partial charge in [-0.25, -0.2) is 4.98 Å². The van der Waals surface area contributed by atoms with Crippen molar-refractivity contribution in [2.75, 3.05) is 12.0 Å². The van der Waals surface area contributed by atoms with E-state index in [-0.39, 0.29) is 23.9 Å². The molecule has 2 heterocycles. The number of amides is 1. The van der Waals surface area contributed by atoms with Crippen molar-refractivity contribution in [2.45, 2.75) is 38.8 Å². The summed E-state index contributed by atoms with van der Waals surface area (Å²) in [4.78, 5) is 18.3. The zero-order chi connectivity index (χ0) is 14.4.